The zero-order valence-electron chi connectivity index (χ0n) is 10.9. The van der Waals surface area contributed by atoms with Gasteiger partial charge in [-0.2, -0.15) is 5.10 Å². The predicted octanol–water partition coefficient (Wildman–Crippen LogP) is 0.853. The van der Waals surface area contributed by atoms with E-state index in [0.717, 1.165) is 11.4 Å². The van der Waals surface area contributed by atoms with Crippen LogP contribution in [0.2, 0.25) is 5.02 Å². The molecule has 0 aliphatic carbocycles. The predicted molar refractivity (Wildman–Crippen MR) is 75.5 cm³/mol. The third kappa shape index (κ3) is 3.46. The van der Waals surface area contributed by atoms with Gasteiger partial charge in [0.15, 0.2) is 11.7 Å². The van der Waals surface area contributed by atoms with Gasteiger partial charge in [0.1, 0.15) is 6.33 Å². The molecule has 0 unspecified atom stereocenters. The van der Waals surface area contributed by atoms with E-state index >= 15 is 0 Å². The van der Waals surface area contributed by atoms with E-state index < -0.39 is 0 Å². The molecule has 0 saturated carbocycles. The molecule has 0 bridgehead atoms. The van der Waals surface area contributed by atoms with Crippen LogP contribution in [0.1, 0.15) is 17.0 Å². The summed E-state index contributed by atoms with van der Waals surface area (Å²) >= 11 is 6.15. The SMILES string of the molecule is Cn1cnc(CNCc2ccc(/C(N)=N/O)cc2Cl)n1. The topological polar surface area (TPSA) is 101 Å². The molecule has 0 spiro atoms. The molecule has 0 aliphatic rings. The highest BCUT2D eigenvalue weighted by atomic mass is 35.5. The summed E-state index contributed by atoms with van der Waals surface area (Å²) in [5.74, 6) is 0.751. The number of nitrogens with one attached hydrogen (secondary N) is 1. The molecular weight excluding hydrogens is 280 g/mol. The maximum Gasteiger partial charge on any atom is 0.170 e. The average molecular weight is 295 g/mol. The minimum absolute atomic E-state index is 0.0316. The van der Waals surface area contributed by atoms with Crippen LogP contribution in [0.25, 0.3) is 0 Å². The van der Waals surface area contributed by atoms with E-state index in [1.165, 1.54) is 0 Å². The van der Waals surface area contributed by atoms with Gasteiger partial charge in [0.2, 0.25) is 0 Å². The van der Waals surface area contributed by atoms with E-state index in [9.17, 15) is 0 Å². The normalized spacial score (nSPS) is 11.8. The third-order valence-electron chi connectivity index (χ3n) is 2.70. The molecule has 2 aromatic rings. The maximum absolute atomic E-state index is 8.61. The summed E-state index contributed by atoms with van der Waals surface area (Å²) in [6.45, 7) is 1.13. The number of amidine groups is 1. The van der Waals surface area contributed by atoms with Gasteiger partial charge in [-0.25, -0.2) is 4.98 Å². The Kier molecular flexibility index (Phi) is 4.54. The molecule has 1 aromatic carbocycles. The number of aromatic nitrogens is 3. The Labute approximate surface area is 121 Å². The van der Waals surface area contributed by atoms with Crippen LogP contribution in [0.15, 0.2) is 29.7 Å². The summed E-state index contributed by atoms with van der Waals surface area (Å²) < 4.78 is 1.65. The van der Waals surface area contributed by atoms with Crippen molar-refractivity contribution in [2.45, 2.75) is 13.1 Å². The average Bonchev–Trinajstić information content (AvgIpc) is 2.85. The second-order valence-corrected chi connectivity index (χ2v) is 4.64. The highest BCUT2D eigenvalue weighted by Gasteiger charge is 2.05. The second-order valence-electron chi connectivity index (χ2n) is 4.23. The van der Waals surface area contributed by atoms with Crippen LogP contribution < -0.4 is 11.1 Å². The lowest BCUT2D eigenvalue weighted by Crippen LogP contribution is -2.16. The van der Waals surface area contributed by atoms with Crippen molar-refractivity contribution in [2.75, 3.05) is 0 Å². The van der Waals surface area contributed by atoms with Crippen molar-refractivity contribution in [3.05, 3.63) is 46.5 Å². The Hall–Kier alpha value is -2.12. The lowest BCUT2D eigenvalue weighted by atomic mass is 10.1. The molecule has 0 fully saturated rings. The van der Waals surface area contributed by atoms with Crippen molar-refractivity contribution in [1.82, 2.24) is 20.1 Å². The molecule has 0 radical (unpaired) electrons. The number of rotatable bonds is 5. The maximum atomic E-state index is 8.61. The van der Waals surface area contributed by atoms with Crippen LogP contribution in [-0.4, -0.2) is 25.8 Å². The highest BCUT2D eigenvalue weighted by molar-refractivity contribution is 6.31. The molecule has 0 saturated heterocycles. The summed E-state index contributed by atoms with van der Waals surface area (Å²) in [6.07, 6.45) is 1.65. The summed E-state index contributed by atoms with van der Waals surface area (Å²) in [4.78, 5) is 4.11. The first-order valence-corrected chi connectivity index (χ1v) is 6.29. The van der Waals surface area contributed by atoms with E-state index in [1.807, 2.05) is 13.1 Å². The first kappa shape index (κ1) is 14.3. The molecule has 20 heavy (non-hydrogen) atoms. The van der Waals surface area contributed by atoms with E-state index in [4.69, 9.17) is 22.5 Å². The summed E-state index contributed by atoms with van der Waals surface area (Å²) in [5.41, 5.74) is 6.99. The number of nitrogens with two attached hydrogens (primary N) is 1. The van der Waals surface area contributed by atoms with Gasteiger partial charge in [-0.15, -0.1) is 0 Å². The van der Waals surface area contributed by atoms with Crippen molar-refractivity contribution < 1.29 is 5.21 Å². The van der Waals surface area contributed by atoms with Gasteiger partial charge >= 0.3 is 0 Å². The fraction of sp³-hybridized carbons (Fsp3) is 0.250. The number of hydrogen-bond donors (Lipinski definition) is 3. The standard InChI is InChI=1S/C12H15ClN6O/c1-19-7-16-11(17-19)6-15-5-9-3-2-8(4-10(9)13)12(14)18-20/h2-4,7,15,20H,5-6H2,1H3,(H2,14,18). The number of halogens is 1. The van der Waals surface area contributed by atoms with Crippen LogP contribution in [0.4, 0.5) is 0 Å². The second kappa shape index (κ2) is 6.36. The summed E-state index contributed by atoms with van der Waals surface area (Å²) in [6, 6.07) is 5.23. The summed E-state index contributed by atoms with van der Waals surface area (Å²) in [7, 11) is 1.82. The van der Waals surface area contributed by atoms with Crippen molar-refractivity contribution in [1.29, 1.82) is 0 Å². The van der Waals surface area contributed by atoms with E-state index in [-0.39, 0.29) is 5.84 Å². The van der Waals surface area contributed by atoms with Gasteiger partial charge in [-0.05, 0) is 11.6 Å². The smallest absolute Gasteiger partial charge is 0.170 e. The Morgan fingerprint density at radius 1 is 1.50 bits per heavy atom. The zero-order chi connectivity index (χ0) is 14.5. The first-order valence-electron chi connectivity index (χ1n) is 5.91. The minimum Gasteiger partial charge on any atom is -0.409 e. The van der Waals surface area contributed by atoms with E-state index in [2.05, 4.69) is 20.6 Å². The van der Waals surface area contributed by atoms with Crippen LogP contribution >= 0.6 is 11.6 Å². The van der Waals surface area contributed by atoms with Crippen molar-refractivity contribution in [2.24, 2.45) is 17.9 Å². The highest BCUT2D eigenvalue weighted by Crippen LogP contribution is 2.17. The lowest BCUT2D eigenvalue weighted by Gasteiger charge is -2.07. The van der Waals surface area contributed by atoms with Gasteiger partial charge in [0.05, 0.1) is 6.54 Å². The fourth-order valence-electron chi connectivity index (χ4n) is 1.68. The Bertz CT molecular complexity index is 624. The van der Waals surface area contributed by atoms with Crippen molar-refractivity contribution in [3.8, 4) is 0 Å². The molecular formula is C12H15ClN6O. The van der Waals surface area contributed by atoms with E-state index in [1.54, 1.807) is 23.1 Å². The van der Waals surface area contributed by atoms with Gasteiger partial charge in [-0.1, -0.05) is 28.9 Å². The van der Waals surface area contributed by atoms with Crippen molar-refractivity contribution in [3.63, 3.8) is 0 Å². The number of hydrogen-bond acceptors (Lipinski definition) is 5. The van der Waals surface area contributed by atoms with Gasteiger partial charge < -0.3 is 16.3 Å². The molecule has 2 rings (SSSR count). The molecule has 7 nitrogen and oxygen atoms in total. The van der Waals surface area contributed by atoms with Crippen LogP contribution in [0, 0.1) is 0 Å². The van der Waals surface area contributed by atoms with Crippen molar-refractivity contribution >= 4 is 17.4 Å². The molecule has 1 aromatic heterocycles. The Balaban J connectivity index is 1.96. The quantitative estimate of drug-likeness (QED) is 0.328. The Morgan fingerprint density at radius 3 is 2.90 bits per heavy atom. The molecule has 0 aliphatic heterocycles. The fourth-order valence-corrected chi connectivity index (χ4v) is 1.93. The molecule has 1 heterocycles. The molecule has 106 valence electrons. The first-order chi connectivity index (χ1) is 9.60. The largest absolute Gasteiger partial charge is 0.409 e. The monoisotopic (exact) mass is 294 g/mol. The number of benzene rings is 1. The minimum atomic E-state index is 0.0316. The Morgan fingerprint density at radius 2 is 2.30 bits per heavy atom. The number of aryl methyl sites for hydroxylation is 1. The van der Waals surface area contributed by atoms with Gasteiger partial charge in [-0.3, -0.25) is 4.68 Å². The number of oxime groups is 1. The molecule has 8 heteroatoms. The van der Waals surface area contributed by atoms with Crippen LogP contribution in [0.3, 0.4) is 0 Å². The van der Waals surface area contributed by atoms with Crippen LogP contribution in [-0.2, 0) is 20.1 Å². The number of nitrogens with zero attached hydrogens (tertiary/aromatic N) is 4. The van der Waals surface area contributed by atoms with E-state index in [0.29, 0.717) is 23.7 Å². The zero-order valence-corrected chi connectivity index (χ0v) is 11.7. The molecule has 4 N–H and O–H groups in total. The van der Waals surface area contributed by atoms with Gasteiger partial charge in [0.25, 0.3) is 0 Å². The third-order valence-corrected chi connectivity index (χ3v) is 3.05. The van der Waals surface area contributed by atoms with Gasteiger partial charge in [0, 0.05) is 24.2 Å². The molecule has 0 amide bonds. The lowest BCUT2D eigenvalue weighted by molar-refractivity contribution is 0.318. The molecule has 0 atom stereocenters. The summed E-state index contributed by atoms with van der Waals surface area (Å²) in [5, 5.41) is 19.5. The van der Waals surface area contributed by atoms with Crippen LogP contribution in [0.5, 0.6) is 0 Å².